The summed E-state index contributed by atoms with van der Waals surface area (Å²) in [7, 11) is 1.79. The molecule has 7 nitrogen and oxygen atoms in total. The first-order valence-electron chi connectivity index (χ1n) is 10.2. The number of nitrogens with one attached hydrogen (secondary N) is 2. The van der Waals surface area contributed by atoms with Gasteiger partial charge in [0.1, 0.15) is 11.0 Å². The lowest BCUT2D eigenvalue weighted by atomic mass is 10.2. The SMILES string of the molecule is CN=C(NCCCc1nnc(SC)n1C1CCCC1)NCCc1ccc(Cl)nc1. The van der Waals surface area contributed by atoms with Gasteiger partial charge >= 0.3 is 0 Å². The van der Waals surface area contributed by atoms with E-state index < -0.39 is 0 Å². The fraction of sp³-hybridized carbons (Fsp3) is 0.600. The number of guanidine groups is 1. The Hall–Kier alpha value is -1.80. The minimum absolute atomic E-state index is 0.521. The van der Waals surface area contributed by atoms with Crippen LogP contribution in [0.3, 0.4) is 0 Å². The fourth-order valence-electron chi connectivity index (χ4n) is 3.70. The van der Waals surface area contributed by atoms with Crippen LogP contribution < -0.4 is 10.6 Å². The van der Waals surface area contributed by atoms with Gasteiger partial charge in [-0.05, 0) is 43.6 Å². The average Bonchev–Trinajstić information content (AvgIpc) is 3.40. The van der Waals surface area contributed by atoms with Crippen LogP contribution in [0.5, 0.6) is 0 Å². The Labute approximate surface area is 182 Å². The quantitative estimate of drug-likeness (QED) is 0.206. The van der Waals surface area contributed by atoms with E-state index in [9.17, 15) is 0 Å². The van der Waals surface area contributed by atoms with Crippen molar-refractivity contribution in [2.24, 2.45) is 4.99 Å². The van der Waals surface area contributed by atoms with E-state index in [4.69, 9.17) is 11.6 Å². The number of rotatable bonds is 9. The maximum absolute atomic E-state index is 5.82. The van der Waals surface area contributed by atoms with E-state index in [-0.39, 0.29) is 0 Å². The first kappa shape index (κ1) is 21.9. The smallest absolute Gasteiger partial charge is 0.191 e. The van der Waals surface area contributed by atoms with Crippen molar-refractivity contribution in [3.05, 3.63) is 34.9 Å². The fourth-order valence-corrected chi connectivity index (χ4v) is 4.39. The zero-order valence-corrected chi connectivity index (χ0v) is 18.8. The van der Waals surface area contributed by atoms with Crippen molar-refractivity contribution in [2.75, 3.05) is 26.4 Å². The lowest BCUT2D eigenvalue weighted by molar-refractivity contribution is 0.460. The third kappa shape index (κ3) is 6.34. The molecule has 0 unspecified atom stereocenters. The van der Waals surface area contributed by atoms with Gasteiger partial charge in [-0.2, -0.15) is 0 Å². The molecule has 0 bridgehead atoms. The highest BCUT2D eigenvalue weighted by atomic mass is 35.5. The number of pyridine rings is 1. The van der Waals surface area contributed by atoms with Crippen molar-refractivity contribution in [1.29, 1.82) is 0 Å². The van der Waals surface area contributed by atoms with E-state index in [1.165, 1.54) is 25.7 Å². The number of nitrogens with zero attached hydrogens (tertiary/aromatic N) is 5. The van der Waals surface area contributed by atoms with Crippen LogP contribution in [-0.4, -0.2) is 52.1 Å². The summed E-state index contributed by atoms with van der Waals surface area (Å²) in [6.07, 6.45) is 11.8. The number of aryl methyl sites for hydroxylation is 1. The number of aliphatic imine (C=N–C) groups is 1. The van der Waals surface area contributed by atoms with E-state index in [1.807, 2.05) is 18.3 Å². The predicted octanol–water partition coefficient (Wildman–Crippen LogP) is 3.50. The van der Waals surface area contributed by atoms with Crippen LogP contribution in [-0.2, 0) is 12.8 Å². The van der Waals surface area contributed by atoms with Crippen molar-refractivity contribution in [3.8, 4) is 0 Å². The van der Waals surface area contributed by atoms with Gasteiger partial charge in [0.05, 0.1) is 0 Å². The maximum Gasteiger partial charge on any atom is 0.191 e. The molecular weight excluding hydrogens is 406 g/mol. The van der Waals surface area contributed by atoms with E-state index in [2.05, 4.69) is 41.6 Å². The molecule has 0 amide bonds. The monoisotopic (exact) mass is 435 g/mol. The number of hydrogen-bond acceptors (Lipinski definition) is 5. The second-order valence-electron chi connectivity index (χ2n) is 7.18. The summed E-state index contributed by atoms with van der Waals surface area (Å²) in [5.41, 5.74) is 1.15. The van der Waals surface area contributed by atoms with Crippen molar-refractivity contribution < 1.29 is 0 Å². The molecule has 2 N–H and O–H groups in total. The molecule has 1 saturated carbocycles. The molecule has 1 aliphatic carbocycles. The van der Waals surface area contributed by atoms with Gasteiger partial charge in [0.2, 0.25) is 0 Å². The highest BCUT2D eigenvalue weighted by Crippen LogP contribution is 2.33. The summed E-state index contributed by atoms with van der Waals surface area (Å²) in [4.78, 5) is 8.40. The second-order valence-corrected chi connectivity index (χ2v) is 8.34. The highest BCUT2D eigenvalue weighted by Gasteiger charge is 2.23. The minimum atomic E-state index is 0.521. The first-order chi connectivity index (χ1) is 14.2. The van der Waals surface area contributed by atoms with Gasteiger partial charge in [0.25, 0.3) is 0 Å². The summed E-state index contributed by atoms with van der Waals surface area (Å²) in [6.45, 7) is 1.63. The summed E-state index contributed by atoms with van der Waals surface area (Å²) in [5.74, 6) is 1.93. The molecule has 2 aromatic rings. The van der Waals surface area contributed by atoms with Gasteiger partial charge in [-0.25, -0.2) is 4.98 Å². The summed E-state index contributed by atoms with van der Waals surface area (Å²) in [6, 6.07) is 4.39. The molecular formula is C20H30ClN7S. The molecule has 0 saturated heterocycles. The lowest BCUT2D eigenvalue weighted by Gasteiger charge is -2.16. The zero-order valence-electron chi connectivity index (χ0n) is 17.2. The van der Waals surface area contributed by atoms with Gasteiger partial charge in [-0.15, -0.1) is 10.2 Å². The standard InChI is InChI=1S/C20H30ClN7S/c1-22-19(24-13-11-15-9-10-17(21)25-14-15)23-12-5-8-18-26-27-20(29-2)28(18)16-6-3-4-7-16/h9-10,14,16H,3-8,11-13H2,1-2H3,(H2,22,23,24). The average molecular weight is 436 g/mol. The molecule has 29 heavy (non-hydrogen) atoms. The van der Waals surface area contributed by atoms with Crippen molar-refractivity contribution in [1.82, 2.24) is 30.4 Å². The van der Waals surface area contributed by atoms with Crippen LogP contribution in [0.15, 0.2) is 28.5 Å². The molecule has 0 aliphatic heterocycles. The molecule has 0 atom stereocenters. The van der Waals surface area contributed by atoms with E-state index in [0.29, 0.717) is 11.2 Å². The van der Waals surface area contributed by atoms with Gasteiger partial charge < -0.3 is 15.2 Å². The zero-order chi connectivity index (χ0) is 20.5. The van der Waals surface area contributed by atoms with Gasteiger partial charge in [0.15, 0.2) is 11.1 Å². The Morgan fingerprint density at radius 1 is 1.21 bits per heavy atom. The summed E-state index contributed by atoms with van der Waals surface area (Å²) in [5, 5.41) is 17.1. The topological polar surface area (TPSA) is 80.0 Å². The van der Waals surface area contributed by atoms with Crippen molar-refractivity contribution in [2.45, 2.75) is 56.1 Å². The lowest BCUT2D eigenvalue weighted by Crippen LogP contribution is -2.38. The Morgan fingerprint density at radius 2 is 2.00 bits per heavy atom. The second kappa shape index (κ2) is 11.4. The first-order valence-corrected chi connectivity index (χ1v) is 11.8. The van der Waals surface area contributed by atoms with E-state index in [0.717, 1.165) is 54.9 Å². The largest absolute Gasteiger partial charge is 0.356 e. The molecule has 2 aromatic heterocycles. The molecule has 0 radical (unpaired) electrons. The van der Waals surface area contributed by atoms with Crippen LogP contribution in [0.1, 0.15) is 49.5 Å². The predicted molar refractivity (Wildman–Crippen MR) is 120 cm³/mol. The Balaban J connectivity index is 1.41. The molecule has 3 rings (SSSR count). The van der Waals surface area contributed by atoms with Crippen LogP contribution in [0, 0.1) is 0 Å². The van der Waals surface area contributed by atoms with Gasteiger partial charge in [0, 0.05) is 38.8 Å². The summed E-state index contributed by atoms with van der Waals surface area (Å²) < 4.78 is 2.38. The van der Waals surface area contributed by atoms with Gasteiger partial charge in [-0.3, -0.25) is 4.99 Å². The Kier molecular flexibility index (Phi) is 8.61. The van der Waals surface area contributed by atoms with Crippen LogP contribution in [0.4, 0.5) is 0 Å². The van der Waals surface area contributed by atoms with Crippen LogP contribution in [0.25, 0.3) is 0 Å². The third-order valence-corrected chi connectivity index (χ3v) is 6.06. The molecule has 1 fully saturated rings. The third-order valence-electron chi connectivity index (χ3n) is 5.20. The number of hydrogen-bond donors (Lipinski definition) is 2. The summed E-state index contributed by atoms with van der Waals surface area (Å²) >= 11 is 7.51. The Morgan fingerprint density at radius 3 is 2.69 bits per heavy atom. The van der Waals surface area contributed by atoms with Crippen molar-refractivity contribution in [3.63, 3.8) is 0 Å². The van der Waals surface area contributed by atoms with Gasteiger partial charge in [-0.1, -0.05) is 42.3 Å². The highest BCUT2D eigenvalue weighted by molar-refractivity contribution is 7.98. The Bertz CT molecular complexity index is 785. The molecule has 0 spiro atoms. The normalized spacial score (nSPS) is 15.1. The van der Waals surface area contributed by atoms with Crippen molar-refractivity contribution >= 4 is 29.3 Å². The molecule has 2 heterocycles. The number of thioether (sulfide) groups is 1. The van der Waals surface area contributed by atoms with E-state index in [1.54, 1.807) is 18.8 Å². The van der Waals surface area contributed by atoms with Crippen LogP contribution in [0.2, 0.25) is 5.15 Å². The maximum atomic E-state index is 5.82. The molecule has 9 heteroatoms. The molecule has 158 valence electrons. The van der Waals surface area contributed by atoms with Crippen LogP contribution >= 0.6 is 23.4 Å². The number of halogens is 1. The molecule has 1 aliphatic rings. The minimum Gasteiger partial charge on any atom is -0.356 e. The number of aromatic nitrogens is 4. The van der Waals surface area contributed by atoms with E-state index >= 15 is 0 Å². The molecule has 0 aromatic carbocycles.